The van der Waals surface area contributed by atoms with Gasteiger partial charge in [0, 0.05) is 34.7 Å². The minimum absolute atomic E-state index is 0.0904. The summed E-state index contributed by atoms with van der Waals surface area (Å²) in [5.74, 6) is 0.673. The van der Waals surface area contributed by atoms with Crippen molar-refractivity contribution in [3.63, 3.8) is 0 Å². The Bertz CT molecular complexity index is 1110. The van der Waals surface area contributed by atoms with Gasteiger partial charge in [0.25, 0.3) is 0 Å². The smallest absolute Gasteiger partial charge is 0.244 e. The summed E-state index contributed by atoms with van der Waals surface area (Å²) in [5, 5.41) is 4.00. The Morgan fingerprint density at radius 1 is 1.19 bits per heavy atom. The van der Waals surface area contributed by atoms with Crippen LogP contribution in [0.4, 0.5) is 0 Å². The van der Waals surface area contributed by atoms with Crippen LogP contribution in [0.5, 0.6) is 5.75 Å². The molecule has 0 bridgehead atoms. The molecule has 0 atom stereocenters. The van der Waals surface area contributed by atoms with Crippen molar-refractivity contribution < 1.29 is 13.9 Å². The van der Waals surface area contributed by atoms with Crippen LogP contribution in [-0.2, 0) is 4.79 Å². The van der Waals surface area contributed by atoms with E-state index in [1.807, 2.05) is 34.9 Å². The van der Waals surface area contributed by atoms with Gasteiger partial charge < -0.3 is 19.4 Å². The van der Waals surface area contributed by atoms with E-state index >= 15 is 0 Å². The molecule has 1 amide bonds. The number of amides is 1. The highest BCUT2D eigenvalue weighted by atomic mass is 16.5. The van der Waals surface area contributed by atoms with Crippen molar-refractivity contribution in [3.05, 3.63) is 59.4 Å². The van der Waals surface area contributed by atoms with Crippen LogP contribution in [-0.4, -0.2) is 44.6 Å². The molecule has 170 valence electrons. The highest BCUT2D eigenvalue weighted by molar-refractivity contribution is 6.01. The van der Waals surface area contributed by atoms with E-state index in [1.165, 1.54) is 5.56 Å². The van der Waals surface area contributed by atoms with Crippen LogP contribution in [0, 0.1) is 13.8 Å². The lowest BCUT2D eigenvalue weighted by Gasteiger charge is -2.15. The van der Waals surface area contributed by atoms with Gasteiger partial charge in [-0.25, -0.2) is 0 Å². The number of benzene rings is 2. The fourth-order valence-corrected chi connectivity index (χ4v) is 3.83. The first kappa shape index (κ1) is 23.6. The van der Waals surface area contributed by atoms with Crippen molar-refractivity contribution in [1.29, 1.82) is 0 Å². The number of carbonyl (C=O) groups is 1. The van der Waals surface area contributed by atoms with Gasteiger partial charge in [-0.1, -0.05) is 29.8 Å². The number of carbonyl (C=O) groups excluding carboxylic acids is 1. The minimum Gasteiger partial charge on any atom is -0.493 e. The Labute approximate surface area is 191 Å². The fourth-order valence-electron chi connectivity index (χ4n) is 3.83. The largest absolute Gasteiger partial charge is 0.493 e. The molecule has 0 spiro atoms. The third kappa shape index (κ3) is 5.40. The molecule has 0 radical (unpaired) electrons. The Morgan fingerprint density at radius 2 is 1.91 bits per heavy atom. The van der Waals surface area contributed by atoms with E-state index in [-0.39, 0.29) is 5.91 Å². The van der Waals surface area contributed by atoms with E-state index in [0.29, 0.717) is 13.2 Å². The van der Waals surface area contributed by atoms with Crippen molar-refractivity contribution in [2.24, 2.45) is 0 Å². The predicted molar refractivity (Wildman–Crippen MR) is 132 cm³/mol. The van der Waals surface area contributed by atoms with Gasteiger partial charge >= 0.3 is 0 Å². The Balaban J connectivity index is 1.98. The van der Waals surface area contributed by atoms with E-state index in [4.69, 9.17) is 9.15 Å². The summed E-state index contributed by atoms with van der Waals surface area (Å²) in [6.45, 7) is 10.1. The topological polar surface area (TPSA) is 54.7 Å². The molecule has 0 saturated heterocycles. The van der Waals surface area contributed by atoms with E-state index in [2.05, 4.69) is 47.5 Å². The maximum atomic E-state index is 12.5. The molecule has 0 fully saturated rings. The SMILES string of the molecule is CCOc1c(/C(C)=C/C(=O)NCCCN(C)C)cc2c(-c3ccc(C)cc3)coc2c1C. The van der Waals surface area contributed by atoms with Crippen molar-refractivity contribution in [2.75, 3.05) is 33.8 Å². The predicted octanol–water partition coefficient (Wildman–Crippen LogP) is 5.59. The van der Waals surface area contributed by atoms with Gasteiger partial charge in [-0.3, -0.25) is 4.79 Å². The van der Waals surface area contributed by atoms with Crippen molar-refractivity contribution >= 4 is 22.4 Å². The van der Waals surface area contributed by atoms with Crippen LogP contribution in [0.15, 0.2) is 47.1 Å². The second kappa shape index (κ2) is 10.5. The minimum atomic E-state index is -0.0904. The molecule has 0 aliphatic carbocycles. The number of hydrogen-bond acceptors (Lipinski definition) is 4. The summed E-state index contributed by atoms with van der Waals surface area (Å²) < 4.78 is 12.0. The molecule has 0 unspecified atom stereocenters. The lowest BCUT2D eigenvalue weighted by atomic mass is 9.96. The van der Waals surface area contributed by atoms with E-state index in [1.54, 1.807) is 12.3 Å². The number of nitrogens with one attached hydrogen (secondary N) is 1. The standard InChI is InChI=1S/C27H34N2O3/c1-7-31-26-20(4)27-23(24(17-32-27)21-11-9-18(2)10-12-21)16-22(26)19(3)15-25(30)28-13-8-14-29(5)6/h9-12,15-17H,7-8,13-14H2,1-6H3,(H,28,30)/b19-15+. The zero-order valence-electron chi connectivity index (χ0n) is 20.0. The first-order valence-corrected chi connectivity index (χ1v) is 11.2. The number of allylic oxidation sites excluding steroid dienone is 1. The lowest BCUT2D eigenvalue weighted by molar-refractivity contribution is -0.116. The maximum absolute atomic E-state index is 12.5. The summed E-state index contributed by atoms with van der Waals surface area (Å²) in [7, 11) is 4.06. The van der Waals surface area contributed by atoms with Crippen LogP contribution in [0.3, 0.4) is 0 Å². The molecule has 3 rings (SSSR count). The number of nitrogens with zero attached hydrogens (tertiary/aromatic N) is 1. The lowest BCUT2D eigenvalue weighted by Crippen LogP contribution is -2.25. The summed E-state index contributed by atoms with van der Waals surface area (Å²) in [6.07, 6.45) is 4.37. The molecular formula is C27H34N2O3. The monoisotopic (exact) mass is 434 g/mol. The Morgan fingerprint density at radius 3 is 2.56 bits per heavy atom. The molecule has 0 aliphatic rings. The highest BCUT2D eigenvalue weighted by Crippen LogP contribution is 2.40. The van der Waals surface area contributed by atoms with Crippen molar-refractivity contribution in [3.8, 4) is 16.9 Å². The zero-order valence-corrected chi connectivity index (χ0v) is 20.0. The number of fused-ring (bicyclic) bond motifs is 1. The van der Waals surface area contributed by atoms with Crippen LogP contribution in [0.2, 0.25) is 0 Å². The van der Waals surface area contributed by atoms with Crippen LogP contribution in [0.25, 0.3) is 27.7 Å². The maximum Gasteiger partial charge on any atom is 0.244 e. The molecule has 3 aromatic rings. The molecule has 1 N–H and O–H groups in total. The molecule has 2 aromatic carbocycles. The van der Waals surface area contributed by atoms with Gasteiger partial charge in [-0.05, 0) is 72.0 Å². The van der Waals surface area contributed by atoms with Gasteiger partial charge in [0.2, 0.25) is 5.91 Å². The quantitative estimate of drug-likeness (QED) is 0.352. The van der Waals surface area contributed by atoms with Gasteiger partial charge in [-0.15, -0.1) is 0 Å². The second-order valence-electron chi connectivity index (χ2n) is 8.48. The number of hydrogen-bond donors (Lipinski definition) is 1. The molecule has 0 saturated carbocycles. The number of rotatable bonds is 9. The highest BCUT2D eigenvalue weighted by Gasteiger charge is 2.19. The second-order valence-corrected chi connectivity index (χ2v) is 8.48. The van der Waals surface area contributed by atoms with Crippen LogP contribution in [0.1, 0.15) is 37.0 Å². The molecule has 5 heteroatoms. The van der Waals surface area contributed by atoms with E-state index < -0.39 is 0 Å². The van der Waals surface area contributed by atoms with Gasteiger partial charge in [0.15, 0.2) is 0 Å². The van der Waals surface area contributed by atoms with Crippen LogP contribution >= 0.6 is 0 Å². The number of aryl methyl sites for hydroxylation is 2. The Hall–Kier alpha value is -3.05. The van der Waals surface area contributed by atoms with Crippen molar-refractivity contribution in [2.45, 2.75) is 34.1 Å². The average molecular weight is 435 g/mol. The third-order valence-electron chi connectivity index (χ3n) is 5.55. The molecule has 1 aromatic heterocycles. The Kier molecular flexibility index (Phi) is 7.75. The van der Waals surface area contributed by atoms with Gasteiger partial charge in [0.05, 0.1) is 12.9 Å². The van der Waals surface area contributed by atoms with Crippen LogP contribution < -0.4 is 10.1 Å². The molecule has 0 aliphatic heterocycles. The normalized spacial score (nSPS) is 11.9. The third-order valence-corrected chi connectivity index (χ3v) is 5.55. The van der Waals surface area contributed by atoms with Gasteiger partial charge in [-0.2, -0.15) is 0 Å². The number of furan rings is 1. The molecule has 1 heterocycles. The molecule has 5 nitrogen and oxygen atoms in total. The summed E-state index contributed by atoms with van der Waals surface area (Å²) >= 11 is 0. The zero-order chi connectivity index (χ0) is 23.3. The first-order valence-electron chi connectivity index (χ1n) is 11.2. The fraction of sp³-hybridized carbons (Fsp3) is 0.370. The summed E-state index contributed by atoms with van der Waals surface area (Å²) in [6, 6.07) is 10.5. The summed E-state index contributed by atoms with van der Waals surface area (Å²) in [5.41, 5.74) is 6.88. The number of ether oxygens (including phenoxy) is 1. The molecule has 32 heavy (non-hydrogen) atoms. The first-order chi connectivity index (χ1) is 15.3. The van der Waals surface area contributed by atoms with Crippen molar-refractivity contribution in [1.82, 2.24) is 10.2 Å². The van der Waals surface area contributed by atoms with E-state index in [0.717, 1.165) is 57.5 Å². The summed E-state index contributed by atoms with van der Waals surface area (Å²) in [4.78, 5) is 14.6. The van der Waals surface area contributed by atoms with Gasteiger partial charge in [0.1, 0.15) is 11.3 Å². The van der Waals surface area contributed by atoms with E-state index in [9.17, 15) is 4.79 Å². The molecular weight excluding hydrogens is 400 g/mol. The average Bonchev–Trinajstić information content (AvgIpc) is 3.18.